The van der Waals surface area contributed by atoms with Gasteiger partial charge < -0.3 is 14.5 Å². The molecule has 0 bridgehead atoms. The number of fused-ring (bicyclic) bond motifs is 3. The van der Waals surface area contributed by atoms with Gasteiger partial charge in [-0.05, 0) is 61.6 Å². The van der Waals surface area contributed by atoms with Crippen molar-refractivity contribution in [2.24, 2.45) is 5.10 Å². The summed E-state index contributed by atoms with van der Waals surface area (Å²) in [6.07, 6.45) is 3.87. The molecule has 0 saturated heterocycles. The van der Waals surface area contributed by atoms with Crippen LogP contribution in [0.4, 0.5) is 5.13 Å². The maximum absolute atomic E-state index is 11.8. The van der Waals surface area contributed by atoms with Crippen LogP contribution in [0.25, 0.3) is 22.2 Å². The van der Waals surface area contributed by atoms with Crippen molar-refractivity contribution < 1.29 is 14.3 Å². The van der Waals surface area contributed by atoms with Gasteiger partial charge in [0.05, 0.1) is 37.7 Å². The van der Waals surface area contributed by atoms with E-state index in [-0.39, 0.29) is 23.0 Å². The lowest BCUT2D eigenvalue weighted by Crippen LogP contribution is -2.13. The molecule has 1 aliphatic carbocycles. The van der Waals surface area contributed by atoms with Crippen molar-refractivity contribution in [2.45, 2.75) is 32.1 Å². The molecule has 2 aromatic heterocycles. The minimum atomic E-state index is -0.239. The molecule has 0 amide bonds. The normalized spacial score (nSPS) is 13.8. The summed E-state index contributed by atoms with van der Waals surface area (Å²) in [5.41, 5.74) is 9.59. The van der Waals surface area contributed by atoms with Crippen molar-refractivity contribution in [3.63, 3.8) is 0 Å². The zero-order valence-corrected chi connectivity index (χ0v) is 22.1. The number of methoxy groups -OCH3 is 2. The number of anilines is 1. The third-order valence-electron chi connectivity index (χ3n) is 6.07. The molecule has 1 aliphatic rings. The van der Waals surface area contributed by atoms with Crippen molar-refractivity contribution in [2.75, 3.05) is 19.6 Å². The van der Waals surface area contributed by atoms with Gasteiger partial charge >= 0.3 is 5.97 Å². The Morgan fingerprint density at radius 1 is 1.14 bits per heavy atom. The predicted molar refractivity (Wildman–Crippen MR) is 146 cm³/mol. The molecule has 182 valence electrons. The molecule has 0 atom stereocenters. The summed E-state index contributed by atoms with van der Waals surface area (Å²) in [7, 11) is 3.05. The Morgan fingerprint density at radius 2 is 1.94 bits per heavy atom. The molecule has 0 unspecified atom stereocenters. The molecule has 9 heteroatoms. The molecular weight excluding hydrogens is 528 g/mol. The Morgan fingerprint density at radius 3 is 2.71 bits per heavy atom. The number of hydrogen-bond donors (Lipinski definition) is 2. The Balaban J connectivity index is 0.00000289. The van der Waals surface area contributed by atoms with E-state index in [0.29, 0.717) is 18.0 Å². The van der Waals surface area contributed by atoms with Crippen molar-refractivity contribution in [3.05, 3.63) is 64.7 Å². The Kier molecular flexibility index (Phi) is 7.87. The number of ether oxygens (including phenoxy) is 2. The summed E-state index contributed by atoms with van der Waals surface area (Å²) < 4.78 is 10.1. The van der Waals surface area contributed by atoms with Crippen LogP contribution in [0.3, 0.4) is 0 Å². The van der Waals surface area contributed by atoms with Crippen molar-refractivity contribution in [3.8, 4) is 17.0 Å². The van der Waals surface area contributed by atoms with Crippen LogP contribution in [0.1, 0.15) is 35.4 Å². The van der Waals surface area contributed by atoms with E-state index in [1.807, 2.05) is 30.3 Å². The second kappa shape index (κ2) is 11.0. The number of aromatic amines is 1. The first kappa shape index (κ1) is 24.9. The first-order valence-corrected chi connectivity index (χ1v) is 12.1. The largest absolute Gasteiger partial charge is 0.497 e. The lowest BCUT2D eigenvalue weighted by atomic mass is 9.94. The SMILES string of the molecule is Br.COC(=O)CCc1sc(NN=C2CCCc3c2[nH]c2ccccc32)nc1-c1ccc(OC)cc1. The van der Waals surface area contributed by atoms with Crippen LogP contribution in [0.15, 0.2) is 53.6 Å². The molecule has 0 radical (unpaired) electrons. The van der Waals surface area contributed by atoms with Gasteiger partial charge in [-0.1, -0.05) is 29.5 Å². The number of nitrogens with zero attached hydrogens (tertiary/aromatic N) is 2. The molecular formula is C26H27BrN4O3S. The number of esters is 1. The molecule has 4 aromatic rings. The highest BCUT2D eigenvalue weighted by atomic mass is 79.9. The highest BCUT2D eigenvalue weighted by molar-refractivity contribution is 8.93. The summed E-state index contributed by atoms with van der Waals surface area (Å²) >= 11 is 1.51. The molecule has 35 heavy (non-hydrogen) atoms. The molecule has 2 aromatic carbocycles. The van der Waals surface area contributed by atoms with Crippen LogP contribution >= 0.6 is 28.3 Å². The number of H-pyrrole nitrogens is 1. The third kappa shape index (κ3) is 5.26. The van der Waals surface area contributed by atoms with E-state index in [2.05, 4.69) is 28.6 Å². The summed E-state index contributed by atoms with van der Waals surface area (Å²) in [6, 6.07) is 16.2. The molecule has 7 nitrogen and oxygen atoms in total. The number of aromatic nitrogens is 2. The number of benzene rings is 2. The number of halogens is 1. The molecule has 0 saturated carbocycles. The number of hydrazone groups is 1. The summed E-state index contributed by atoms with van der Waals surface area (Å²) in [6.45, 7) is 0. The Bertz CT molecular complexity index is 1360. The average Bonchev–Trinajstić information content (AvgIpc) is 3.47. The second-order valence-electron chi connectivity index (χ2n) is 8.14. The van der Waals surface area contributed by atoms with E-state index in [1.165, 1.54) is 29.4 Å². The third-order valence-corrected chi connectivity index (χ3v) is 7.09. The van der Waals surface area contributed by atoms with E-state index < -0.39 is 0 Å². The zero-order chi connectivity index (χ0) is 23.5. The van der Waals surface area contributed by atoms with Crippen LogP contribution in [0.5, 0.6) is 5.75 Å². The molecule has 0 spiro atoms. The minimum Gasteiger partial charge on any atom is -0.497 e. The van der Waals surface area contributed by atoms with Crippen molar-refractivity contribution in [1.29, 1.82) is 0 Å². The number of carbonyl (C=O) groups excluding carboxylic acids is 1. The molecule has 2 heterocycles. The first-order valence-electron chi connectivity index (χ1n) is 11.3. The van der Waals surface area contributed by atoms with Crippen molar-refractivity contribution in [1.82, 2.24) is 9.97 Å². The summed E-state index contributed by atoms with van der Waals surface area (Å²) in [4.78, 5) is 21.1. The van der Waals surface area contributed by atoms with Crippen LogP contribution in [0, 0.1) is 0 Å². The van der Waals surface area contributed by atoms with Gasteiger partial charge in [-0.3, -0.25) is 10.2 Å². The second-order valence-corrected chi connectivity index (χ2v) is 9.23. The van der Waals surface area contributed by atoms with Crippen LogP contribution in [0.2, 0.25) is 0 Å². The van der Waals surface area contributed by atoms with Gasteiger partial charge in [-0.2, -0.15) is 5.10 Å². The van der Waals surface area contributed by atoms with Crippen LogP contribution in [-0.4, -0.2) is 35.9 Å². The van der Waals surface area contributed by atoms with E-state index >= 15 is 0 Å². The fraction of sp³-hybridized carbons (Fsp3) is 0.269. The smallest absolute Gasteiger partial charge is 0.305 e. The number of thiazole rings is 1. The van der Waals surface area contributed by atoms with Crippen LogP contribution in [-0.2, 0) is 22.4 Å². The van der Waals surface area contributed by atoms with Gasteiger partial charge in [0.25, 0.3) is 0 Å². The lowest BCUT2D eigenvalue weighted by Gasteiger charge is -2.13. The number of rotatable bonds is 7. The number of hydrogen-bond acceptors (Lipinski definition) is 7. The highest BCUT2D eigenvalue weighted by Crippen LogP contribution is 2.34. The maximum Gasteiger partial charge on any atom is 0.305 e. The van der Waals surface area contributed by atoms with Gasteiger partial charge in [0.15, 0.2) is 0 Å². The Hall–Kier alpha value is -3.17. The van der Waals surface area contributed by atoms with E-state index in [1.54, 1.807) is 7.11 Å². The van der Waals surface area contributed by atoms with Gasteiger partial charge in [-0.15, -0.1) is 17.0 Å². The van der Waals surface area contributed by atoms with E-state index in [9.17, 15) is 4.79 Å². The van der Waals surface area contributed by atoms with E-state index in [0.717, 1.165) is 58.1 Å². The zero-order valence-electron chi connectivity index (χ0n) is 19.6. The predicted octanol–water partition coefficient (Wildman–Crippen LogP) is 6.14. The van der Waals surface area contributed by atoms with Gasteiger partial charge in [-0.25, -0.2) is 4.98 Å². The fourth-order valence-electron chi connectivity index (χ4n) is 4.35. The standard InChI is InChI=1S/C26H26N4O3S.BrH/c1-32-17-12-10-16(11-13-17)24-22(14-15-23(31)33-2)34-26(28-24)30-29-21-9-5-7-19-18-6-3-4-8-20(18)27-25(19)21;/h3-4,6,8,10-13,27H,5,7,9,14-15H2,1-2H3,(H,28,30);1H. The minimum absolute atomic E-state index is 0. The maximum atomic E-state index is 11.8. The van der Waals surface area contributed by atoms with Crippen LogP contribution < -0.4 is 10.2 Å². The monoisotopic (exact) mass is 554 g/mol. The molecule has 2 N–H and O–H groups in total. The van der Waals surface area contributed by atoms with Gasteiger partial charge in [0.1, 0.15) is 5.75 Å². The average molecular weight is 555 g/mol. The lowest BCUT2D eigenvalue weighted by molar-refractivity contribution is -0.140. The summed E-state index contributed by atoms with van der Waals surface area (Å²) in [5, 5.41) is 6.71. The molecule has 5 rings (SSSR count). The van der Waals surface area contributed by atoms with E-state index in [4.69, 9.17) is 19.6 Å². The topological polar surface area (TPSA) is 88.6 Å². The number of carbonyl (C=O) groups is 1. The summed E-state index contributed by atoms with van der Waals surface area (Å²) in [5.74, 6) is 0.545. The number of nitrogens with one attached hydrogen (secondary N) is 2. The fourth-order valence-corrected chi connectivity index (χ4v) is 5.28. The number of aryl methyl sites for hydroxylation is 2. The quantitative estimate of drug-likeness (QED) is 0.211. The van der Waals surface area contributed by atoms with Gasteiger partial charge in [0.2, 0.25) is 5.13 Å². The Labute approximate surface area is 218 Å². The first-order chi connectivity index (χ1) is 16.7. The molecule has 0 aliphatic heterocycles. The van der Waals surface area contributed by atoms with Crippen molar-refractivity contribution >= 4 is 56.0 Å². The highest BCUT2D eigenvalue weighted by Gasteiger charge is 2.21. The number of para-hydroxylation sites is 1. The molecule has 0 fully saturated rings. The van der Waals surface area contributed by atoms with Gasteiger partial charge in [0, 0.05) is 21.3 Å².